The van der Waals surface area contributed by atoms with Gasteiger partial charge in [-0.05, 0) is 48.8 Å². The van der Waals surface area contributed by atoms with Gasteiger partial charge in [0, 0.05) is 45.4 Å². The fourth-order valence-electron chi connectivity index (χ4n) is 6.82. The van der Waals surface area contributed by atoms with Crippen LogP contribution in [0.3, 0.4) is 0 Å². The molecule has 252 valence electrons. The zero-order valence-electron chi connectivity index (χ0n) is 29.0. The van der Waals surface area contributed by atoms with Crippen LogP contribution in [0.15, 0.2) is 92.5 Å². The predicted molar refractivity (Wildman–Crippen MR) is 184 cm³/mol. The molecule has 6 rings (SSSR count). The van der Waals surface area contributed by atoms with Crippen molar-refractivity contribution in [2.24, 2.45) is 5.41 Å². The monoisotopic (exact) mass is 654 g/mol. The summed E-state index contributed by atoms with van der Waals surface area (Å²) in [5, 5.41) is 1.82. The van der Waals surface area contributed by atoms with Crippen LogP contribution in [-0.4, -0.2) is 48.8 Å². The Labute approximate surface area is 280 Å². The van der Waals surface area contributed by atoms with Crippen molar-refractivity contribution in [3.63, 3.8) is 0 Å². The van der Waals surface area contributed by atoms with Crippen molar-refractivity contribution in [2.75, 3.05) is 42.7 Å². The van der Waals surface area contributed by atoms with E-state index >= 15 is 0 Å². The molecule has 1 aliphatic heterocycles. The van der Waals surface area contributed by atoms with Gasteiger partial charge in [-0.25, -0.2) is 0 Å². The fraction of sp³-hybridized carbons (Fsp3) is 0.359. The molecule has 0 radical (unpaired) electrons. The second-order valence-electron chi connectivity index (χ2n) is 13.0. The highest BCUT2D eigenvalue weighted by molar-refractivity contribution is 5.85. The number of furan rings is 2. The SMILES string of the molecule is C=C(CC(C)(CC(C)(C)c1cc2cc(OC)c(OC)cc2o1)C1=CC2=C=C(OC)C(OC)=CC2O1)c1cc2cc(OC)c(OC)cc2o1. The van der Waals surface area contributed by atoms with Crippen LogP contribution < -0.4 is 18.9 Å². The Balaban J connectivity index is 1.39. The third-order valence-electron chi connectivity index (χ3n) is 9.15. The third kappa shape index (κ3) is 5.79. The molecule has 48 heavy (non-hydrogen) atoms. The molecule has 0 spiro atoms. The molecule has 2 aromatic heterocycles. The summed E-state index contributed by atoms with van der Waals surface area (Å²) in [6.45, 7) is 11.0. The van der Waals surface area contributed by atoms with Crippen LogP contribution in [0.2, 0.25) is 0 Å². The van der Waals surface area contributed by atoms with Gasteiger partial charge in [0.2, 0.25) is 5.76 Å². The van der Waals surface area contributed by atoms with Crippen molar-refractivity contribution >= 4 is 27.5 Å². The Morgan fingerprint density at radius 3 is 1.92 bits per heavy atom. The van der Waals surface area contributed by atoms with Crippen LogP contribution in [0.25, 0.3) is 27.5 Å². The minimum absolute atomic E-state index is 0.359. The number of ether oxygens (including phenoxy) is 7. The summed E-state index contributed by atoms with van der Waals surface area (Å²) in [7, 11) is 9.66. The van der Waals surface area contributed by atoms with Crippen LogP contribution in [-0.2, 0) is 19.6 Å². The average Bonchev–Trinajstić information content (AvgIpc) is 3.82. The first-order valence-corrected chi connectivity index (χ1v) is 15.7. The Morgan fingerprint density at radius 1 is 0.750 bits per heavy atom. The fourth-order valence-corrected chi connectivity index (χ4v) is 6.82. The first-order chi connectivity index (χ1) is 22.9. The van der Waals surface area contributed by atoms with Gasteiger partial charge in [-0.1, -0.05) is 33.1 Å². The van der Waals surface area contributed by atoms with Crippen molar-refractivity contribution in [2.45, 2.75) is 45.1 Å². The van der Waals surface area contributed by atoms with Gasteiger partial charge < -0.3 is 42.0 Å². The number of rotatable bonds is 13. The largest absolute Gasteiger partial charge is 0.493 e. The number of allylic oxidation sites excluding steroid dienone is 2. The lowest BCUT2D eigenvalue weighted by molar-refractivity contribution is 0.106. The van der Waals surface area contributed by atoms with Crippen molar-refractivity contribution in [3.8, 4) is 23.0 Å². The molecule has 0 bridgehead atoms. The summed E-state index contributed by atoms with van der Waals surface area (Å²) in [5.41, 5.74) is 5.40. The molecule has 4 aromatic rings. The van der Waals surface area contributed by atoms with Gasteiger partial charge in [-0.2, -0.15) is 0 Å². The number of fused-ring (bicyclic) bond motifs is 3. The third-order valence-corrected chi connectivity index (χ3v) is 9.15. The Hall–Kier alpha value is -5.14. The van der Waals surface area contributed by atoms with Gasteiger partial charge >= 0.3 is 0 Å². The highest BCUT2D eigenvalue weighted by Crippen LogP contribution is 2.51. The van der Waals surface area contributed by atoms with E-state index in [1.54, 1.807) is 42.7 Å². The van der Waals surface area contributed by atoms with E-state index in [1.807, 2.05) is 36.4 Å². The van der Waals surface area contributed by atoms with E-state index in [4.69, 9.17) is 42.0 Å². The molecule has 0 saturated heterocycles. The smallest absolute Gasteiger partial charge is 0.204 e. The normalized spacial score (nSPS) is 17.0. The molecule has 2 atom stereocenters. The lowest BCUT2D eigenvalue weighted by Crippen LogP contribution is -2.31. The van der Waals surface area contributed by atoms with E-state index in [-0.39, 0.29) is 6.10 Å². The summed E-state index contributed by atoms with van der Waals surface area (Å²) < 4.78 is 52.7. The lowest BCUT2D eigenvalue weighted by Gasteiger charge is -2.37. The number of methoxy groups -OCH3 is 6. The first kappa shape index (κ1) is 32.8. The van der Waals surface area contributed by atoms with Crippen molar-refractivity contribution in [3.05, 3.63) is 95.2 Å². The van der Waals surface area contributed by atoms with E-state index in [0.717, 1.165) is 39.0 Å². The van der Waals surface area contributed by atoms with E-state index in [1.165, 1.54) is 0 Å². The molecule has 0 amide bonds. The summed E-state index contributed by atoms with van der Waals surface area (Å²) in [6, 6.07) is 11.6. The van der Waals surface area contributed by atoms with E-state index in [9.17, 15) is 0 Å². The molecule has 9 nitrogen and oxygen atoms in total. The molecular formula is C39H42O9. The molecule has 3 heterocycles. The van der Waals surface area contributed by atoms with Gasteiger partial charge in [0.15, 0.2) is 34.9 Å². The minimum atomic E-state index is -0.566. The summed E-state index contributed by atoms with van der Waals surface area (Å²) in [6.07, 6.45) is 4.78. The standard InChI is InChI=1S/C39H42O9/c1-22(26-11-23-12-30(40-5)33(43-8)17-27(23)46-26)20-39(4,37-16-25-14-32(42-7)35(45-10)19-29(25)48-37)21-38(2,3)36-15-24-13-31(41-6)34(44-9)18-28(24)47-36/h11-13,15-19,29H,1,20-21H2,2-10H3. The maximum atomic E-state index is 6.68. The van der Waals surface area contributed by atoms with Crippen LogP contribution in [0.1, 0.15) is 45.1 Å². The molecule has 0 fully saturated rings. The maximum Gasteiger partial charge on any atom is 0.204 e. The highest BCUT2D eigenvalue weighted by Gasteiger charge is 2.44. The van der Waals surface area contributed by atoms with Crippen LogP contribution >= 0.6 is 0 Å². The maximum absolute atomic E-state index is 6.68. The first-order valence-electron chi connectivity index (χ1n) is 15.7. The second-order valence-corrected chi connectivity index (χ2v) is 13.0. The zero-order valence-corrected chi connectivity index (χ0v) is 29.0. The van der Waals surface area contributed by atoms with Gasteiger partial charge in [0.1, 0.15) is 28.4 Å². The summed E-state index contributed by atoms with van der Waals surface area (Å²) in [5.74, 6) is 5.87. The molecule has 1 aliphatic carbocycles. The number of benzene rings is 2. The average molecular weight is 655 g/mol. The number of hydrogen-bond acceptors (Lipinski definition) is 9. The Bertz CT molecular complexity index is 1950. The number of hydrogen-bond donors (Lipinski definition) is 0. The molecule has 0 saturated carbocycles. The Kier molecular flexibility index (Phi) is 8.52. The van der Waals surface area contributed by atoms with E-state index < -0.39 is 10.8 Å². The molecule has 2 aliphatic rings. The van der Waals surface area contributed by atoms with Crippen LogP contribution in [0, 0.1) is 5.41 Å². The van der Waals surface area contributed by atoms with Gasteiger partial charge in [-0.3, -0.25) is 0 Å². The second kappa shape index (κ2) is 12.5. The van der Waals surface area contributed by atoms with E-state index in [0.29, 0.717) is 58.7 Å². The molecule has 2 aromatic carbocycles. The molecule has 2 unspecified atom stereocenters. The quantitative estimate of drug-likeness (QED) is 0.131. The summed E-state index contributed by atoms with van der Waals surface area (Å²) in [4.78, 5) is 0. The minimum Gasteiger partial charge on any atom is -0.493 e. The predicted octanol–water partition coefficient (Wildman–Crippen LogP) is 8.87. The van der Waals surface area contributed by atoms with Crippen molar-refractivity contribution < 1.29 is 42.0 Å². The summed E-state index contributed by atoms with van der Waals surface area (Å²) >= 11 is 0. The highest BCUT2D eigenvalue weighted by atomic mass is 16.5. The van der Waals surface area contributed by atoms with Crippen molar-refractivity contribution in [1.82, 2.24) is 0 Å². The van der Waals surface area contributed by atoms with E-state index in [2.05, 4.69) is 45.2 Å². The van der Waals surface area contributed by atoms with Crippen LogP contribution in [0.4, 0.5) is 0 Å². The van der Waals surface area contributed by atoms with Gasteiger partial charge in [0.25, 0.3) is 0 Å². The molecule has 9 heteroatoms. The Morgan fingerprint density at radius 2 is 1.33 bits per heavy atom. The van der Waals surface area contributed by atoms with Gasteiger partial charge in [-0.15, -0.1) is 0 Å². The van der Waals surface area contributed by atoms with Crippen LogP contribution in [0.5, 0.6) is 23.0 Å². The van der Waals surface area contributed by atoms with Crippen molar-refractivity contribution in [1.29, 1.82) is 0 Å². The topological polar surface area (TPSA) is 90.9 Å². The lowest BCUT2D eigenvalue weighted by atomic mass is 9.68. The van der Waals surface area contributed by atoms with Gasteiger partial charge in [0.05, 0.1) is 42.7 Å². The zero-order chi connectivity index (χ0) is 34.4. The molecular weight excluding hydrogens is 612 g/mol. The molecule has 0 N–H and O–H groups in total.